The molecule has 1 aromatic carbocycles. The Balaban J connectivity index is 2.93. The molecule has 11 heavy (non-hydrogen) atoms. The Labute approximate surface area is 70.6 Å². The summed E-state index contributed by atoms with van der Waals surface area (Å²) in [6, 6.07) is 9.57. The lowest BCUT2D eigenvalue weighted by Crippen LogP contribution is -2.47. The second-order valence-corrected chi connectivity index (χ2v) is 6.73. The van der Waals surface area contributed by atoms with Gasteiger partial charge in [-0.25, -0.2) is 0 Å². The molecular weight excluding hydrogens is 172 g/mol. The lowest BCUT2D eigenvalue weighted by Gasteiger charge is -2.17. The predicted molar refractivity (Wildman–Crippen MR) is 50.9 cm³/mol. The van der Waals surface area contributed by atoms with Crippen LogP contribution in [0.25, 0.3) is 0 Å². The van der Waals surface area contributed by atoms with Crippen LogP contribution in [0, 0.1) is 0 Å². The van der Waals surface area contributed by atoms with Crippen LogP contribution < -0.4 is 5.19 Å². The maximum Gasteiger partial charge on any atom is 0.355 e. The second kappa shape index (κ2) is 3.31. The van der Waals surface area contributed by atoms with Gasteiger partial charge in [-0.15, -0.1) is 0 Å². The van der Waals surface area contributed by atoms with Gasteiger partial charge in [-0.05, 0) is 11.7 Å². The molecule has 0 aliphatic rings. The van der Waals surface area contributed by atoms with Crippen LogP contribution in [-0.2, 0) is 4.12 Å². The zero-order valence-corrected chi connectivity index (χ0v) is 9.74. The van der Waals surface area contributed by atoms with Gasteiger partial charge in [0.05, 0.1) is 0 Å². The monoisotopic (exact) mass is 184 g/mol. The van der Waals surface area contributed by atoms with E-state index >= 15 is 0 Å². The van der Waals surface area contributed by atoms with E-state index in [0.29, 0.717) is 10.5 Å². The summed E-state index contributed by atoms with van der Waals surface area (Å²) in [4.78, 5) is 9.75. The average Bonchev–Trinajstić information content (AvgIpc) is 2.06. The summed E-state index contributed by atoms with van der Waals surface area (Å²) in [6.07, 6.45) is 0. The van der Waals surface area contributed by atoms with Crippen LogP contribution in [0.3, 0.4) is 0 Å². The zero-order valence-electron chi connectivity index (χ0n) is 6.74. The zero-order chi connectivity index (χ0) is 8.32. The van der Waals surface area contributed by atoms with Gasteiger partial charge in [0.1, 0.15) is 10.5 Å². The molecule has 0 bridgehead atoms. The molecule has 0 aromatic heterocycles. The standard InChI is InChI=1S/C7H12O2Si2/c1-11(8,9-10)7-5-3-2-4-6-7/h2-6,8H,1,10H3. The minimum absolute atomic E-state index is 0.594. The van der Waals surface area contributed by atoms with Crippen molar-refractivity contribution in [3.8, 4) is 0 Å². The van der Waals surface area contributed by atoms with Gasteiger partial charge < -0.3 is 8.91 Å². The molecule has 0 aliphatic carbocycles. The third-order valence-electron chi connectivity index (χ3n) is 1.71. The van der Waals surface area contributed by atoms with Crippen molar-refractivity contribution < 1.29 is 8.91 Å². The van der Waals surface area contributed by atoms with Gasteiger partial charge in [-0.1, -0.05) is 30.3 Å². The third-order valence-corrected chi connectivity index (χ3v) is 6.29. The van der Waals surface area contributed by atoms with Crippen LogP contribution >= 0.6 is 0 Å². The van der Waals surface area contributed by atoms with Crippen LogP contribution in [0.1, 0.15) is 0 Å². The number of hydrogen-bond acceptors (Lipinski definition) is 2. The van der Waals surface area contributed by atoms with E-state index in [1.165, 1.54) is 0 Å². The van der Waals surface area contributed by atoms with Gasteiger partial charge in [0, 0.05) is 0 Å². The van der Waals surface area contributed by atoms with Gasteiger partial charge >= 0.3 is 8.56 Å². The highest BCUT2D eigenvalue weighted by molar-refractivity contribution is 6.80. The van der Waals surface area contributed by atoms with E-state index in [1.54, 1.807) is 6.55 Å². The minimum Gasteiger partial charge on any atom is -0.442 e. The molecule has 0 radical (unpaired) electrons. The summed E-state index contributed by atoms with van der Waals surface area (Å²) < 4.78 is 5.16. The highest BCUT2D eigenvalue weighted by Crippen LogP contribution is 1.98. The molecule has 1 aromatic rings. The molecule has 0 saturated carbocycles. The molecule has 4 heteroatoms. The van der Waals surface area contributed by atoms with E-state index in [1.807, 2.05) is 30.3 Å². The maximum absolute atomic E-state index is 9.75. The van der Waals surface area contributed by atoms with Crippen molar-refractivity contribution in [2.24, 2.45) is 0 Å². The molecule has 0 saturated heterocycles. The lowest BCUT2D eigenvalue weighted by atomic mass is 10.4. The van der Waals surface area contributed by atoms with Gasteiger partial charge in [0.15, 0.2) is 0 Å². The Hall–Kier alpha value is -0.426. The molecular formula is C7H12O2Si2. The first-order chi connectivity index (χ1) is 5.17. The summed E-state index contributed by atoms with van der Waals surface area (Å²) in [7, 11) is -1.90. The first kappa shape index (κ1) is 8.67. The van der Waals surface area contributed by atoms with Crippen LogP contribution in [0.15, 0.2) is 30.3 Å². The van der Waals surface area contributed by atoms with E-state index in [4.69, 9.17) is 4.12 Å². The molecule has 0 heterocycles. The summed E-state index contributed by atoms with van der Waals surface area (Å²) in [6.45, 7) is 1.79. The number of benzene rings is 1. The first-order valence-electron chi connectivity index (χ1n) is 3.50. The van der Waals surface area contributed by atoms with Crippen LogP contribution in [0.4, 0.5) is 0 Å². The Morgan fingerprint density at radius 2 is 1.91 bits per heavy atom. The number of rotatable bonds is 2. The van der Waals surface area contributed by atoms with Crippen LogP contribution in [-0.4, -0.2) is 23.8 Å². The van der Waals surface area contributed by atoms with Crippen molar-refractivity contribution in [3.05, 3.63) is 30.3 Å². The Kier molecular flexibility index (Phi) is 2.61. The smallest absolute Gasteiger partial charge is 0.355 e. The van der Waals surface area contributed by atoms with Gasteiger partial charge in [-0.3, -0.25) is 0 Å². The molecule has 0 aliphatic heterocycles. The Morgan fingerprint density at radius 1 is 1.36 bits per heavy atom. The SMILES string of the molecule is C[Si](O)(O[SiH3])c1ccccc1. The highest BCUT2D eigenvalue weighted by Gasteiger charge is 2.26. The fraction of sp³-hybridized carbons (Fsp3) is 0.143. The van der Waals surface area contributed by atoms with Crippen molar-refractivity contribution in [2.45, 2.75) is 6.55 Å². The van der Waals surface area contributed by atoms with Crippen LogP contribution in [0.2, 0.25) is 6.55 Å². The minimum atomic E-state index is -2.49. The fourth-order valence-corrected chi connectivity index (χ4v) is 2.62. The first-order valence-corrected chi connectivity index (χ1v) is 6.67. The van der Waals surface area contributed by atoms with Gasteiger partial charge in [0.25, 0.3) is 0 Å². The Bertz CT molecular complexity index is 223. The average molecular weight is 184 g/mol. The Morgan fingerprint density at radius 3 is 2.36 bits per heavy atom. The fourth-order valence-electron chi connectivity index (χ4n) is 0.865. The highest BCUT2D eigenvalue weighted by atomic mass is 28.4. The molecule has 0 amide bonds. The summed E-state index contributed by atoms with van der Waals surface area (Å²) in [5.41, 5.74) is 0. The van der Waals surface area contributed by atoms with Gasteiger partial charge in [0.2, 0.25) is 0 Å². The molecule has 0 spiro atoms. The third kappa shape index (κ3) is 2.00. The molecule has 1 rings (SSSR count). The van der Waals surface area contributed by atoms with Crippen molar-refractivity contribution in [1.29, 1.82) is 0 Å². The van der Waals surface area contributed by atoms with Crippen LogP contribution in [0.5, 0.6) is 0 Å². The van der Waals surface area contributed by atoms with E-state index in [-0.39, 0.29) is 0 Å². The van der Waals surface area contributed by atoms with Crippen molar-refractivity contribution in [1.82, 2.24) is 0 Å². The summed E-state index contributed by atoms with van der Waals surface area (Å²) >= 11 is 0. The maximum atomic E-state index is 9.75. The molecule has 1 atom stereocenters. The van der Waals surface area contributed by atoms with Crippen molar-refractivity contribution >= 4 is 24.2 Å². The van der Waals surface area contributed by atoms with Crippen molar-refractivity contribution in [2.75, 3.05) is 0 Å². The van der Waals surface area contributed by atoms with E-state index in [9.17, 15) is 4.80 Å². The second-order valence-electron chi connectivity index (χ2n) is 2.55. The molecule has 2 nitrogen and oxygen atoms in total. The molecule has 1 unspecified atom stereocenters. The normalized spacial score (nSPS) is 16.2. The molecule has 1 N–H and O–H groups in total. The van der Waals surface area contributed by atoms with Crippen molar-refractivity contribution in [3.63, 3.8) is 0 Å². The summed E-state index contributed by atoms with van der Waals surface area (Å²) in [5, 5.41) is 0.940. The van der Waals surface area contributed by atoms with E-state index in [0.717, 1.165) is 5.19 Å². The molecule has 60 valence electrons. The van der Waals surface area contributed by atoms with E-state index in [2.05, 4.69) is 0 Å². The topological polar surface area (TPSA) is 29.5 Å². The quantitative estimate of drug-likeness (QED) is 0.613. The number of hydrogen-bond donors (Lipinski definition) is 1. The largest absolute Gasteiger partial charge is 0.442 e. The predicted octanol–water partition coefficient (Wildman–Crippen LogP) is -0.745. The van der Waals surface area contributed by atoms with Gasteiger partial charge in [-0.2, -0.15) is 0 Å². The molecule has 0 fully saturated rings. The summed E-state index contributed by atoms with van der Waals surface area (Å²) in [5.74, 6) is 0. The van der Waals surface area contributed by atoms with E-state index < -0.39 is 8.56 Å². The lowest BCUT2D eigenvalue weighted by molar-refractivity contribution is 0.421.